The maximum absolute atomic E-state index is 12.5. The van der Waals surface area contributed by atoms with Gasteiger partial charge in [-0.1, -0.05) is 30.3 Å². The number of carbonyl (C=O) groups excluding carboxylic acids is 2. The van der Waals surface area contributed by atoms with Crippen LogP contribution in [-0.2, 0) is 9.53 Å². The Morgan fingerprint density at radius 1 is 1.31 bits per heavy atom. The number of rotatable bonds is 6. The monoisotopic (exact) mass is 372 g/mol. The maximum Gasteiger partial charge on any atom is 0.348 e. The molecular formula is C20H24N2O3S. The summed E-state index contributed by atoms with van der Waals surface area (Å²) in [6.07, 6.45) is 2.17. The molecule has 0 saturated carbocycles. The molecule has 0 aliphatic carbocycles. The molecule has 2 heterocycles. The van der Waals surface area contributed by atoms with Crippen LogP contribution in [0.25, 0.3) is 0 Å². The van der Waals surface area contributed by atoms with Gasteiger partial charge in [-0.15, -0.1) is 11.3 Å². The predicted molar refractivity (Wildman–Crippen MR) is 104 cm³/mol. The van der Waals surface area contributed by atoms with Crippen molar-refractivity contribution in [1.82, 2.24) is 4.90 Å². The summed E-state index contributed by atoms with van der Waals surface area (Å²) in [7, 11) is 0. The Morgan fingerprint density at radius 3 is 2.81 bits per heavy atom. The van der Waals surface area contributed by atoms with Crippen molar-refractivity contribution in [3.05, 3.63) is 52.4 Å². The van der Waals surface area contributed by atoms with E-state index < -0.39 is 0 Å². The third-order valence-electron chi connectivity index (χ3n) is 4.54. The zero-order valence-corrected chi connectivity index (χ0v) is 16.0. The molecule has 0 radical (unpaired) electrons. The average molecular weight is 372 g/mol. The van der Waals surface area contributed by atoms with Gasteiger partial charge in [-0.25, -0.2) is 4.79 Å². The van der Waals surface area contributed by atoms with Crippen molar-refractivity contribution in [1.29, 1.82) is 0 Å². The van der Waals surface area contributed by atoms with Crippen LogP contribution in [0, 0.1) is 6.92 Å². The van der Waals surface area contributed by atoms with Crippen LogP contribution in [-0.4, -0.2) is 36.5 Å². The van der Waals surface area contributed by atoms with Gasteiger partial charge in [-0.05, 0) is 50.4 Å². The SMILES string of the molecule is CCOC(=O)c1sc(NC(=O)CN2CCCC2c2ccccc2)cc1C. The topological polar surface area (TPSA) is 58.6 Å². The number of aryl methyl sites for hydroxylation is 1. The van der Waals surface area contributed by atoms with Gasteiger partial charge in [0.2, 0.25) is 5.91 Å². The fourth-order valence-electron chi connectivity index (χ4n) is 3.37. The molecule has 1 aromatic carbocycles. The Morgan fingerprint density at radius 2 is 2.08 bits per heavy atom. The summed E-state index contributed by atoms with van der Waals surface area (Å²) >= 11 is 1.27. The summed E-state index contributed by atoms with van der Waals surface area (Å²) in [5.74, 6) is -0.385. The first kappa shape index (κ1) is 18.6. The van der Waals surface area contributed by atoms with E-state index in [0.29, 0.717) is 29.1 Å². The van der Waals surface area contributed by atoms with E-state index in [9.17, 15) is 9.59 Å². The number of anilines is 1. The predicted octanol–water partition coefficient (Wildman–Crippen LogP) is 4.01. The van der Waals surface area contributed by atoms with Crippen molar-refractivity contribution in [2.45, 2.75) is 32.7 Å². The summed E-state index contributed by atoms with van der Waals surface area (Å²) in [6, 6.07) is 12.4. The molecule has 0 bridgehead atoms. The van der Waals surface area contributed by atoms with Gasteiger partial charge >= 0.3 is 5.97 Å². The lowest BCUT2D eigenvalue weighted by atomic mass is 10.0. The van der Waals surface area contributed by atoms with Gasteiger partial charge in [0, 0.05) is 6.04 Å². The summed E-state index contributed by atoms with van der Waals surface area (Å²) in [5.41, 5.74) is 2.08. The third kappa shape index (κ3) is 4.31. The highest BCUT2D eigenvalue weighted by molar-refractivity contribution is 7.18. The molecule has 1 unspecified atom stereocenters. The first-order valence-corrected chi connectivity index (χ1v) is 9.76. The van der Waals surface area contributed by atoms with Crippen LogP contribution in [0.4, 0.5) is 5.00 Å². The fourth-order valence-corrected chi connectivity index (χ4v) is 4.36. The summed E-state index contributed by atoms with van der Waals surface area (Å²) in [5, 5.41) is 3.62. The lowest BCUT2D eigenvalue weighted by molar-refractivity contribution is -0.117. The number of benzene rings is 1. The first-order chi connectivity index (χ1) is 12.6. The second-order valence-corrected chi connectivity index (χ2v) is 7.48. The molecule has 1 saturated heterocycles. The zero-order valence-electron chi connectivity index (χ0n) is 15.2. The standard InChI is InChI=1S/C20H24N2O3S/c1-3-25-20(24)19-14(2)12-18(26-19)21-17(23)13-22-11-7-10-16(22)15-8-5-4-6-9-15/h4-6,8-9,12,16H,3,7,10-11,13H2,1-2H3,(H,21,23). The number of nitrogens with zero attached hydrogens (tertiary/aromatic N) is 1. The molecule has 26 heavy (non-hydrogen) atoms. The largest absolute Gasteiger partial charge is 0.462 e. The number of likely N-dealkylation sites (tertiary alicyclic amines) is 1. The van der Waals surface area contributed by atoms with E-state index in [-0.39, 0.29) is 11.9 Å². The lowest BCUT2D eigenvalue weighted by Gasteiger charge is -2.24. The Bertz CT molecular complexity index is 773. The van der Waals surface area contributed by atoms with Gasteiger partial charge in [0.05, 0.1) is 18.2 Å². The van der Waals surface area contributed by atoms with E-state index in [2.05, 4.69) is 22.3 Å². The Labute approximate surface area is 158 Å². The minimum Gasteiger partial charge on any atom is -0.462 e. The number of carbonyl (C=O) groups is 2. The minimum atomic E-state index is -0.334. The fraction of sp³-hybridized carbons (Fsp3) is 0.400. The van der Waals surface area contributed by atoms with Gasteiger partial charge in [0.15, 0.2) is 0 Å². The van der Waals surface area contributed by atoms with Crippen LogP contribution in [0.2, 0.25) is 0 Å². The zero-order chi connectivity index (χ0) is 18.5. The summed E-state index contributed by atoms with van der Waals surface area (Å²) in [6.45, 7) is 5.25. The van der Waals surface area contributed by atoms with Crippen LogP contribution in [0.1, 0.15) is 46.6 Å². The van der Waals surface area contributed by atoms with Crippen LogP contribution >= 0.6 is 11.3 Å². The van der Waals surface area contributed by atoms with E-state index in [0.717, 1.165) is 24.9 Å². The molecule has 6 heteroatoms. The molecule has 1 amide bonds. The van der Waals surface area contributed by atoms with E-state index >= 15 is 0 Å². The van der Waals surface area contributed by atoms with Gasteiger partial charge in [-0.3, -0.25) is 9.69 Å². The maximum atomic E-state index is 12.5. The number of ether oxygens (including phenoxy) is 1. The van der Waals surface area contributed by atoms with Crippen molar-refractivity contribution in [2.24, 2.45) is 0 Å². The van der Waals surface area contributed by atoms with Crippen molar-refractivity contribution in [3.63, 3.8) is 0 Å². The quantitative estimate of drug-likeness (QED) is 0.779. The summed E-state index contributed by atoms with van der Waals surface area (Å²) in [4.78, 5) is 27.2. The molecular weight excluding hydrogens is 348 g/mol. The molecule has 1 aromatic heterocycles. The van der Waals surface area contributed by atoms with Crippen LogP contribution in [0.15, 0.2) is 36.4 Å². The second kappa shape index (κ2) is 8.47. The van der Waals surface area contributed by atoms with Crippen molar-refractivity contribution >= 4 is 28.2 Å². The van der Waals surface area contributed by atoms with Gasteiger partial charge in [-0.2, -0.15) is 0 Å². The van der Waals surface area contributed by atoms with Gasteiger partial charge in [0.1, 0.15) is 4.88 Å². The number of amides is 1. The van der Waals surface area contributed by atoms with Crippen LogP contribution < -0.4 is 5.32 Å². The molecule has 0 spiro atoms. The van der Waals surface area contributed by atoms with Crippen molar-refractivity contribution < 1.29 is 14.3 Å². The number of nitrogens with one attached hydrogen (secondary N) is 1. The summed E-state index contributed by atoms with van der Waals surface area (Å²) < 4.78 is 5.05. The number of thiophene rings is 1. The third-order valence-corrected chi connectivity index (χ3v) is 5.67. The molecule has 138 valence electrons. The molecule has 3 rings (SSSR count). The molecule has 2 aromatic rings. The highest BCUT2D eigenvalue weighted by Crippen LogP contribution is 2.32. The number of esters is 1. The normalized spacial score (nSPS) is 17.2. The number of hydrogen-bond acceptors (Lipinski definition) is 5. The highest BCUT2D eigenvalue weighted by Gasteiger charge is 2.27. The molecule has 5 nitrogen and oxygen atoms in total. The minimum absolute atomic E-state index is 0.0514. The van der Waals surface area contributed by atoms with Crippen molar-refractivity contribution in [2.75, 3.05) is 25.0 Å². The van der Waals surface area contributed by atoms with Gasteiger partial charge < -0.3 is 10.1 Å². The van der Waals surface area contributed by atoms with Crippen LogP contribution in [0.5, 0.6) is 0 Å². The van der Waals surface area contributed by atoms with Crippen molar-refractivity contribution in [3.8, 4) is 0 Å². The Kier molecular flexibility index (Phi) is 6.06. The van der Waals surface area contributed by atoms with E-state index in [1.54, 1.807) is 6.92 Å². The van der Waals surface area contributed by atoms with E-state index in [1.165, 1.54) is 16.9 Å². The van der Waals surface area contributed by atoms with Gasteiger partial charge in [0.25, 0.3) is 0 Å². The van der Waals surface area contributed by atoms with E-state index in [1.807, 2.05) is 31.2 Å². The Hall–Kier alpha value is -2.18. The first-order valence-electron chi connectivity index (χ1n) is 8.95. The Balaban J connectivity index is 1.62. The number of hydrogen-bond donors (Lipinski definition) is 1. The van der Waals surface area contributed by atoms with E-state index in [4.69, 9.17) is 4.74 Å². The molecule has 1 aliphatic heterocycles. The molecule has 1 atom stereocenters. The molecule has 1 aliphatic rings. The second-order valence-electron chi connectivity index (χ2n) is 6.43. The average Bonchev–Trinajstić information content (AvgIpc) is 3.22. The molecule has 1 N–H and O–H groups in total. The molecule has 1 fully saturated rings. The smallest absolute Gasteiger partial charge is 0.348 e. The highest BCUT2D eigenvalue weighted by atomic mass is 32.1. The lowest BCUT2D eigenvalue weighted by Crippen LogP contribution is -2.32. The van der Waals surface area contributed by atoms with Crippen LogP contribution in [0.3, 0.4) is 0 Å².